The van der Waals surface area contributed by atoms with Gasteiger partial charge in [-0.1, -0.05) is 29.5 Å². The highest BCUT2D eigenvalue weighted by Crippen LogP contribution is 2.36. The molecule has 0 radical (unpaired) electrons. The fraction of sp³-hybridized carbons (Fsp3) is 0.333. The molecule has 4 aromatic rings. The van der Waals surface area contributed by atoms with Crippen molar-refractivity contribution in [3.8, 4) is 22.8 Å². The summed E-state index contributed by atoms with van der Waals surface area (Å²) in [5, 5.41) is 17.9. The van der Waals surface area contributed by atoms with Crippen LogP contribution in [0.4, 0.5) is 4.39 Å². The Morgan fingerprint density at radius 2 is 1.79 bits per heavy atom. The number of hydrogen-bond acceptors (Lipinski definition) is 7. The van der Waals surface area contributed by atoms with Crippen LogP contribution in [0.25, 0.3) is 22.8 Å². The number of ether oxygens (including phenoxy) is 1. The minimum atomic E-state index is -0.284. The lowest BCUT2D eigenvalue weighted by Crippen LogP contribution is -2.16. The average Bonchev–Trinajstić information content (AvgIpc) is 3.58. The highest BCUT2D eigenvalue weighted by Gasteiger charge is 2.25. The van der Waals surface area contributed by atoms with Gasteiger partial charge in [-0.15, -0.1) is 20.4 Å². The molecular formula is C24H24FN5O2S. The van der Waals surface area contributed by atoms with E-state index in [0.717, 1.165) is 35.7 Å². The summed E-state index contributed by atoms with van der Waals surface area (Å²) in [6, 6.07) is 14.3. The van der Waals surface area contributed by atoms with Gasteiger partial charge in [-0.2, -0.15) is 0 Å². The van der Waals surface area contributed by atoms with E-state index in [1.165, 1.54) is 29.5 Å². The van der Waals surface area contributed by atoms with Gasteiger partial charge in [0, 0.05) is 17.7 Å². The zero-order valence-corrected chi connectivity index (χ0v) is 19.3. The van der Waals surface area contributed by atoms with Gasteiger partial charge >= 0.3 is 0 Å². The maximum Gasteiger partial charge on any atom is 0.247 e. The van der Waals surface area contributed by atoms with Gasteiger partial charge in [0.2, 0.25) is 11.8 Å². The predicted molar refractivity (Wildman–Crippen MR) is 123 cm³/mol. The zero-order valence-electron chi connectivity index (χ0n) is 18.4. The molecule has 1 fully saturated rings. The fourth-order valence-electron chi connectivity index (χ4n) is 3.77. The van der Waals surface area contributed by atoms with Crippen LogP contribution in [0.15, 0.2) is 58.1 Å². The zero-order chi connectivity index (χ0) is 22.8. The number of thioether (sulfide) groups is 1. The molecule has 0 saturated carbocycles. The standard InChI is InChI=1S/C24H24FN5O2S/c1-15-5-7-18(8-6-15)23-28-27-22(32-23)16(2)33-24-29-26-21(17-9-11-19(25)12-10-17)30(24)14-20-4-3-13-31-20/h5-12,16,20H,3-4,13-14H2,1-2H3. The minimum absolute atomic E-state index is 0.103. The van der Waals surface area contributed by atoms with E-state index in [1.54, 1.807) is 12.1 Å². The van der Waals surface area contributed by atoms with Gasteiger partial charge in [0.1, 0.15) is 5.82 Å². The third-order valence-electron chi connectivity index (χ3n) is 5.60. The first-order valence-electron chi connectivity index (χ1n) is 10.9. The smallest absolute Gasteiger partial charge is 0.247 e. The predicted octanol–water partition coefficient (Wildman–Crippen LogP) is 5.47. The largest absolute Gasteiger partial charge is 0.419 e. The van der Waals surface area contributed by atoms with Crippen LogP contribution >= 0.6 is 11.8 Å². The Labute approximate surface area is 195 Å². The molecule has 33 heavy (non-hydrogen) atoms. The summed E-state index contributed by atoms with van der Waals surface area (Å²) in [5.41, 5.74) is 2.86. The molecular weight excluding hydrogens is 441 g/mol. The molecule has 170 valence electrons. The van der Waals surface area contributed by atoms with Crippen LogP contribution in [0.1, 0.15) is 36.5 Å². The summed E-state index contributed by atoms with van der Waals surface area (Å²) in [5.74, 6) is 1.41. The van der Waals surface area contributed by atoms with Crippen LogP contribution < -0.4 is 0 Å². The third-order valence-corrected chi connectivity index (χ3v) is 6.67. The topological polar surface area (TPSA) is 78.9 Å². The lowest BCUT2D eigenvalue weighted by molar-refractivity contribution is 0.0953. The Bertz CT molecular complexity index is 1220. The van der Waals surface area contributed by atoms with Crippen LogP contribution in [0.3, 0.4) is 0 Å². The van der Waals surface area contributed by atoms with Crippen LogP contribution in [-0.2, 0) is 11.3 Å². The van der Waals surface area contributed by atoms with Gasteiger partial charge in [0.05, 0.1) is 17.9 Å². The van der Waals surface area contributed by atoms with E-state index in [-0.39, 0.29) is 17.2 Å². The van der Waals surface area contributed by atoms with Crippen LogP contribution in [-0.4, -0.2) is 37.7 Å². The monoisotopic (exact) mass is 465 g/mol. The molecule has 2 unspecified atom stereocenters. The highest BCUT2D eigenvalue weighted by molar-refractivity contribution is 7.99. The molecule has 1 saturated heterocycles. The van der Waals surface area contributed by atoms with Crippen molar-refractivity contribution in [3.05, 3.63) is 65.8 Å². The van der Waals surface area contributed by atoms with E-state index in [9.17, 15) is 4.39 Å². The van der Waals surface area contributed by atoms with Crippen molar-refractivity contribution in [2.24, 2.45) is 0 Å². The molecule has 0 N–H and O–H groups in total. The molecule has 1 aliphatic rings. The Morgan fingerprint density at radius 1 is 1.03 bits per heavy atom. The second kappa shape index (κ2) is 9.44. The molecule has 3 heterocycles. The van der Waals surface area contributed by atoms with Crippen LogP contribution in [0.5, 0.6) is 0 Å². The normalized spacial score (nSPS) is 16.9. The Kier molecular flexibility index (Phi) is 6.24. The van der Waals surface area contributed by atoms with E-state index in [1.807, 2.05) is 42.7 Å². The average molecular weight is 466 g/mol. The summed E-state index contributed by atoms with van der Waals surface area (Å²) >= 11 is 1.50. The van der Waals surface area contributed by atoms with E-state index >= 15 is 0 Å². The van der Waals surface area contributed by atoms with Crippen molar-refractivity contribution in [3.63, 3.8) is 0 Å². The van der Waals surface area contributed by atoms with Crippen molar-refractivity contribution in [2.45, 2.75) is 49.7 Å². The minimum Gasteiger partial charge on any atom is -0.419 e. The van der Waals surface area contributed by atoms with E-state index in [2.05, 4.69) is 20.4 Å². The molecule has 2 aromatic carbocycles. The van der Waals surface area contributed by atoms with Gasteiger partial charge < -0.3 is 9.15 Å². The van der Waals surface area contributed by atoms with E-state index in [4.69, 9.17) is 9.15 Å². The number of rotatable bonds is 7. The first-order chi connectivity index (χ1) is 16.1. The molecule has 7 nitrogen and oxygen atoms in total. The second-order valence-electron chi connectivity index (χ2n) is 8.13. The molecule has 9 heteroatoms. The second-order valence-corrected chi connectivity index (χ2v) is 9.44. The highest BCUT2D eigenvalue weighted by atomic mass is 32.2. The number of benzene rings is 2. The molecule has 0 amide bonds. The van der Waals surface area contributed by atoms with Crippen LogP contribution in [0.2, 0.25) is 0 Å². The molecule has 1 aliphatic heterocycles. The summed E-state index contributed by atoms with van der Waals surface area (Å²) in [4.78, 5) is 0. The summed E-state index contributed by atoms with van der Waals surface area (Å²) < 4.78 is 27.3. The maximum absolute atomic E-state index is 13.4. The molecule has 0 aliphatic carbocycles. The lowest BCUT2D eigenvalue weighted by Gasteiger charge is -2.15. The molecule has 5 rings (SSSR count). The Hall–Kier alpha value is -3.04. The van der Waals surface area contributed by atoms with E-state index < -0.39 is 0 Å². The van der Waals surface area contributed by atoms with Gasteiger partial charge in [-0.3, -0.25) is 4.57 Å². The third kappa shape index (κ3) is 4.84. The fourth-order valence-corrected chi connectivity index (χ4v) is 4.65. The van der Waals surface area contributed by atoms with Crippen molar-refractivity contribution >= 4 is 11.8 Å². The quantitative estimate of drug-likeness (QED) is 0.335. The van der Waals surface area contributed by atoms with Crippen molar-refractivity contribution in [1.29, 1.82) is 0 Å². The molecule has 2 atom stereocenters. The number of nitrogens with zero attached hydrogens (tertiary/aromatic N) is 5. The van der Waals surface area contributed by atoms with Crippen molar-refractivity contribution in [2.75, 3.05) is 6.61 Å². The first kappa shape index (κ1) is 21.8. The van der Waals surface area contributed by atoms with Gasteiger partial charge in [-0.05, 0) is 63.1 Å². The van der Waals surface area contributed by atoms with Gasteiger partial charge in [-0.25, -0.2) is 4.39 Å². The lowest BCUT2D eigenvalue weighted by atomic mass is 10.1. The first-order valence-corrected chi connectivity index (χ1v) is 11.8. The molecule has 2 aromatic heterocycles. The van der Waals surface area contributed by atoms with Gasteiger partial charge in [0.25, 0.3) is 0 Å². The Morgan fingerprint density at radius 3 is 2.52 bits per heavy atom. The van der Waals surface area contributed by atoms with Crippen LogP contribution in [0, 0.1) is 12.7 Å². The maximum atomic E-state index is 13.4. The Balaban J connectivity index is 1.40. The van der Waals surface area contributed by atoms with Crippen molar-refractivity contribution < 1.29 is 13.5 Å². The molecule has 0 bridgehead atoms. The number of hydrogen-bond donors (Lipinski definition) is 0. The molecule has 0 spiro atoms. The van der Waals surface area contributed by atoms with Gasteiger partial charge in [0.15, 0.2) is 11.0 Å². The summed E-state index contributed by atoms with van der Waals surface area (Å²) in [6.45, 7) is 5.43. The number of halogens is 1. The SMILES string of the molecule is Cc1ccc(-c2nnc(C(C)Sc3nnc(-c4ccc(F)cc4)n3CC3CCCO3)o2)cc1. The number of aromatic nitrogens is 5. The number of aryl methyl sites for hydroxylation is 1. The summed E-state index contributed by atoms with van der Waals surface area (Å²) in [6.07, 6.45) is 2.14. The summed E-state index contributed by atoms with van der Waals surface area (Å²) in [7, 11) is 0. The van der Waals surface area contributed by atoms with Crippen molar-refractivity contribution in [1.82, 2.24) is 25.0 Å². The van der Waals surface area contributed by atoms with E-state index in [0.29, 0.717) is 24.2 Å².